The molecule has 2 N–H and O–H groups in total. The van der Waals surface area contributed by atoms with Crippen molar-refractivity contribution in [3.8, 4) is 0 Å². The van der Waals surface area contributed by atoms with Gasteiger partial charge in [-0.3, -0.25) is 4.79 Å². The maximum atomic E-state index is 12.5. The van der Waals surface area contributed by atoms with Crippen molar-refractivity contribution in [2.75, 3.05) is 10.6 Å². The van der Waals surface area contributed by atoms with Crippen LogP contribution in [0.4, 0.5) is 11.6 Å². The zero-order valence-electron chi connectivity index (χ0n) is 13.2. The van der Waals surface area contributed by atoms with E-state index in [1.807, 2.05) is 6.07 Å². The lowest BCUT2D eigenvalue weighted by atomic mass is 10.3. The number of hydrogen-bond donors (Lipinski definition) is 2. The Labute approximate surface area is 154 Å². The van der Waals surface area contributed by atoms with Gasteiger partial charge in [0.05, 0.1) is 28.5 Å². The van der Waals surface area contributed by atoms with Crippen molar-refractivity contribution in [1.82, 2.24) is 9.97 Å². The Kier molecular flexibility index (Phi) is 5.21. The Hall–Kier alpha value is -2.57. The number of para-hydroxylation sites is 1. The number of carbonyl (C=O) groups is 1. The van der Waals surface area contributed by atoms with E-state index >= 15 is 0 Å². The highest BCUT2D eigenvalue weighted by molar-refractivity contribution is 6.40. The topological polar surface area (TPSA) is 80.0 Å². The van der Waals surface area contributed by atoms with Gasteiger partial charge < -0.3 is 15.1 Å². The van der Waals surface area contributed by atoms with Gasteiger partial charge in [0.1, 0.15) is 11.5 Å². The van der Waals surface area contributed by atoms with Crippen molar-refractivity contribution in [2.45, 2.75) is 13.5 Å². The molecule has 0 aliphatic heterocycles. The molecule has 0 bridgehead atoms. The third-order valence-electron chi connectivity index (χ3n) is 3.29. The summed E-state index contributed by atoms with van der Waals surface area (Å²) in [5, 5.41) is 6.40. The van der Waals surface area contributed by atoms with Crippen LogP contribution in [0.5, 0.6) is 0 Å². The van der Waals surface area contributed by atoms with E-state index in [0.29, 0.717) is 33.9 Å². The molecule has 0 saturated carbocycles. The molecule has 2 heterocycles. The van der Waals surface area contributed by atoms with E-state index in [0.717, 1.165) is 5.76 Å². The lowest BCUT2D eigenvalue weighted by Gasteiger charge is -2.10. The largest absolute Gasteiger partial charge is 0.467 e. The molecule has 1 aromatic carbocycles. The molecule has 2 aromatic heterocycles. The highest BCUT2D eigenvalue weighted by atomic mass is 35.5. The molecule has 3 rings (SSSR count). The Morgan fingerprint density at radius 3 is 2.60 bits per heavy atom. The Morgan fingerprint density at radius 2 is 1.92 bits per heavy atom. The van der Waals surface area contributed by atoms with Gasteiger partial charge in [0.15, 0.2) is 0 Å². The molecule has 0 aliphatic rings. The summed E-state index contributed by atoms with van der Waals surface area (Å²) in [7, 11) is 0. The number of nitrogens with one attached hydrogen (secondary N) is 2. The average molecular weight is 377 g/mol. The molecule has 128 valence electrons. The Bertz CT molecular complexity index is 877. The van der Waals surface area contributed by atoms with Crippen LogP contribution in [0.1, 0.15) is 21.9 Å². The predicted octanol–water partition coefficient (Wildman–Crippen LogP) is 4.55. The molecule has 0 aliphatic carbocycles. The van der Waals surface area contributed by atoms with Crippen LogP contribution in [-0.2, 0) is 6.54 Å². The lowest BCUT2D eigenvalue weighted by Crippen LogP contribution is -2.16. The van der Waals surface area contributed by atoms with Crippen LogP contribution in [0.25, 0.3) is 0 Å². The van der Waals surface area contributed by atoms with E-state index in [2.05, 4.69) is 20.6 Å². The fraction of sp³-hybridized carbons (Fsp3) is 0.118. The van der Waals surface area contributed by atoms with Gasteiger partial charge in [0.25, 0.3) is 5.91 Å². The first-order chi connectivity index (χ1) is 12.0. The van der Waals surface area contributed by atoms with Crippen molar-refractivity contribution in [1.29, 1.82) is 0 Å². The van der Waals surface area contributed by atoms with Crippen LogP contribution >= 0.6 is 23.2 Å². The van der Waals surface area contributed by atoms with E-state index in [1.54, 1.807) is 43.5 Å². The first-order valence-electron chi connectivity index (χ1n) is 7.40. The summed E-state index contributed by atoms with van der Waals surface area (Å²) in [6, 6.07) is 10.2. The smallest absolute Gasteiger partial charge is 0.274 e. The van der Waals surface area contributed by atoms with Gasteiger partial charge in [0, 0.05) is 5.69 Å². The van der Waals surface area contributed by atoms with Gasteiger partial charge >= 0.3 is 0 Å². The van der Waals surface area contributed by atoms with E-state index in [4.69, 9.17) is 27.6 Å². The van der Waals surface area contributed by atoms with Crippen LogP contribution in [-0.4, -0.2) is 15.9 Å². The van der Waals surface area contributed by atoms with E-state index in [1.165, 1.54) is 0 Å². The summed E-state index contributed by atoms with van der Waals surface area (Å²) < 4.78 is 5.24. The highest BCUT2D eigenvalue weighted by Crippen LogP contribution is 2.30. The van der Waals surface area contributed by atoms with Crippen LogP contribution in [0.15, 0.2) is 47.1 Å². The maximum Gasteiger partial charge on any atom is 0.274 e. The van der Waals surface area contributed by atoms with Crippen LogP contribution in [0, 0.1) is 6.92 Å². The molecule has 0 saturated heterocycles. The molecule has 0 unspecified atom stereocenters. The number of rotatable bonds is 5. The van der Waals surface area contributed by atoms with Gasteiger partial charge in [-0.25, -0.2) is 9.97 Å². The summed E-state index contributed by atoms with van der Waals surface area (Å²) in [6.45, 7) is 2.19. The summed E-state index contributed by atoms with van der Waals surface area (Å²) in [5.41, 5.74) is 1.19. The number of furan rings is 1. The molecular weight excluding hydrogens is 363 g/mol. The van der Waals surface area contributed by atoms with E-state index in [-0.39, 0.29) is 5.69 Å². The average Bonchev–Trinajstić information content (AvgIpc) is 3.09. The third kappa shape index (κ3) is 4.29. The maximum absolute atomic E-state index is 12.5. The molecule has 0 atom stereocenters. The van der Waals surface area contributed by atoms with E-state index < -0.39 is 5.91 Å². The lowest BCUT2D eigenvalue weighted by molar-refractivity contribution is 0.102. The number of nitrogens with zero attached hydrogens (tertiary/aromatic N) is 2. The standard InChI is InChI=1S/C17H14Cl2N4O2/c1-10-8-14(16(24)23-15-12(18)5-2-6-13(15)19)22-17(21-10)20-9-11-4-3-7-25-11/h2-8H,9H2,1H3,(H,23,24)(H,20,21,22). The normalized spacial score (nSPS) is 10.5. The van der Waals surface area contributed by atoms with Crippen LogP contribution < -0.4 is 10.6 Å². The first-order valence-corrected chi connectivity index (χ1v) is 8.16. The fourth-order valence-corrected chi connectivity index (χ4v) is 2.63. The molecular formula is C17H14Cl2N4O2. The van der Waals surface area contributed by atoms with Gasteiger partial charge in [-0.15, -0.1) is 0 Å². The fourth-order valence-electron chi connectivity index (χ4n) is 2.14. The van der Waals surface area contributed by atoms with Gasteiger partial charge in [0.2, 0.25) is 5.95 Å². The van der Waals surface area contributed by atoms with Crippen LogP contribution in [0.2, 0.25) is 10.0 Å². The van der Waals surface area contributed by atoms with Crippen molar-refractivity contribution in [2.24, 2.45) is 0 Å². The minimum Gasteiger partial charge on any atom is -0.467 e. The molecule has 6 nitrogen and oxygen atoms in total. The summed E-state index contributed by atoms with van der Waals surface area (Å²) in [5.74, 6) is 0.632. The second kappa shape index (κ2) is 7.55. The van der Waals surface area contributed by atoms with Crippen molar-refractivity contribution >= 4 is 40.7 Å². The molecule has 3 aromatic rings. The predicted molar refractivity (Wildman–Crippen MR) is 97.2 cm³/mol. The Balaban J connectivity index is 1.78. The van der Waals surface area contributed by atoms with Gasteiger partial charge in [-0.1, -0.05) is 29.3 Å². The number of aromatic nitrogens is 2. The zero-order chi connectivity index (χ0) is 17.8. The number of aryl methyl sites for hydroxylation is 1. The van der Waals surface area contributed by atoms with Crippen molar-refractivity contribution in [3.05, 3.63) is 69.9 Å². The number of amides is 1. The van der Waals surface area contributed by atoms with Crippen LogP contribution in [0.3, 0.4) is 0 Å². The third-order valence-corrected chi connectivity index (χ3v) is 3.92. The minimum absolute atomic E-state index is 0.199. The second-order valence-electron chi connectivity index (χ2n) is 5.20. The molecule has 0 spiro atoms. The molecule has 0 fully saturated rings. The SMILES string of the molecule is Cc1cc(C(=O)Nc2c(Cl)cccc2Cl)nc(NCc2ccco2)n1. The van der Waals surface area contributed by atoms with Crippen molar-refractivity contribution < 1.29 is 9.21 Å². The number of halogens is 2. The van der Waals surface area contributed by atoms with Gasteiger partial charge in [-0.2, -0.15) is 0 Å². The quantitative estimate of drug-likeness (QED) is 0.682. The first kappa shape index (κ1) is 17.3. The Morgan fingerprint density at radius 1 is 1.16 bits per heavy atom. The zero-order valence-corrected chi connectivity index (χ0v) is 14.7. The molecule has 8 heteroatoms. The number of carbonyl (C=O) groups excluding carboxylic acids is 1. The molecule has 1 amide bonds. The number of benzene rings is 1. The second-order valence-corrected chi connectivity index (χ2v) is 6.02. The summed E-state index contributed by atoms with van der Waals surface area (Å²) in [6.07, 6.45) is 1.58. The highest BCUT2D eigenvalue weighted by Gasteiger charge is 2.14. The summed E-state index contributed by atoms with van der Waals surface area (Å²) >= 11 is 12.2. The summed E-state index contributed by atoms with van der Waals surface area (Å²) in [4.78, 5) is 21.0. The number of anilines is 2. The van der Waals surface area contributed by atoms with E-state index in [9.17, 15) is 4.79 Å². The minimum atomic E-state index is -0.429. The monoisotopic (exact) mass is 376 g/mol. The van der Waals surface area contributed by atoms with Crippen molar-refractivity contribution in [3.63, 3.8) is 0 Å². The number of hydrogen-bond acceptors (Lipinski definition) is 5. The van der Waals surface area contributed by atoms with Gasteiger partial charge in [-0.05, 0) is 37.3 Å². The molecule has 0 radical (unpaired) electrons. The molecule has 25 heavy (non-hydrogen) atoms.